The monoisotopic (exact) mass is 542 g/mol. The lowest BCUT2D eigenvalue weighted by Crippen LogP contribution is -2.47. The molecule has 4 aromatic rings. The van der Waals surface area contributed by atoms with E-state index in [-0.39, 0.29) is 29.4 Å². The van der Waals surface area contributed by atoms with Gasteiger partial charge in [-0.1, -0.05) is 12.1 Å². The van der Waals surface area contributed by atoms with Crippen LogP contribution >= 0.6 is 0 Å². The average Bonchev–Trinajstić information content (AvgIpc) is 3.43. The summed E-state index contributed by atoms with van der Waals surface area (Å²) in [5.41, 5.74) is -0.117. The van der Waals surface area contributed by atoms with Crippen molar-refractivity contribution in [2.45, 2.75) is 69.4 Å². The molecular weight excluding hydrogens is 512 g/mol. The maximum atomic E-state index is 14.1. The highest BCUT2D eigenvalue weighted by molar-refractivity contribution is 5.58. The van der Waals surface area contributed by atoms with Crippen molar-refractivity contribution in [3.63, 3.8) is 0 Å². The molecule has 1 atom stereocenters. The van der Waals surface area contributed by atoms with Gasteiger partial charge in [-0.3, -0.25) is 8.97 Å². The molecule has 3 heterocycles. The molecule has 206 valence electrons. The van der Waals surface area contributed by atoms with E-state index in [9.17, 15) is 22.4 Å². The van der Waals surface area contributed by atoms with Gasteiger partial charge in [0.1, 0.15) is 18.3 Å². The minimum atomic E-state index is -4.63. The molecule has 7 nitrogen and oxygen atoms in total. The van der Waals surface area contributed by atoms with Crippen molar-refractivity contribution >= 4 is 5.52 Å². The first-order chi connectivity index (χ1) is 18.5. The Morgan fingerprint density at radius 1 is 1.18 bits per heavy atom. The predicted molar refractivity (Wildman–Crippen MR) is 138 cm³/mol. The number of nitrogens with one attached hydrogen (secondary N) is 1. The average molecular weight is 543 g/mol. The van der Waals surface area contributed by atoms with Gasteiger partial charge in [-0.05, 0) is 74.3 Å². The summed E-state index contributed by atoms with van der Waals surface area (Å²) in [5, 5.41) is 11.6. The number of halogens is 4. The zero-order valence-corrected chi connectivity index (χ0v) is 21.7. The minimum absolute atomic E-state index is 0.00685. The first kappa shape index (κ1) is 25.8. The third-order valence-electron chi connectivity index (χ3n) is 8.43. The molecule has 39 heavy (non-hydrogen) atoms. The third-order valence-corrected chi connectivity index (χ3v) is 8.43. The van der Waals surface area contributed by atoms with E-state index < -0.39 is 23.6 Å². The van der Waals surface area contributed by atoms with Gasteiger partial charge in [-0.25, -0.2) is 9.18 Å². The molecule has 1 N–H and O–H groups in total. The number of hydrogen-bond donors (Lipinski definition) is 1. The third kappa shape index (κ3) is 4.66. The van der Waals surface area contributed by atoms with Gasteiger partial charge in [0.05, 0.1) is 16.8 Å². The zero-order chi connectivity index (χ0) is 27.5. The van der Waals surface area contributed by atoms with E-state index >= 15 is 0 Å². The van der Waals surface area contributed by atoms with Crippen LogP contribution in [0.3, 0.4) is 0 Å². The summed E-state index contributed by atoms with van der Waals surface area (Å²) in [7, 11) is 1.82. The summed E-state index contributed by atoms with van der Waals surface area (Å²) in [6.07, 6.45) is 2.62. The Hall–Kier alpha value is -3.47. The second-order valence-electron chi connectivity index (χ2n) is 11.3. The quantitative estimate of drug-likeness (QED) is 0.328. The van der Waals surface area contributed by atoms with Crippen LogP contribution in [0.15, 0.2) is 53.8 Å². The molecular formula is C28H30F4N6O. The highest BCUT2D eigenvalue weighted by atomic mass is 19.4. The molecule has 6 rings (SSSR count). The van der Waals surface area contributed by atoms with Crippen molar-refractivity contribution < 1.29 is 17.6 Å². The maximum absolute atomic E-state index is 14.1. The van der Waals surface area contributed by atoms with Gasteiger partial charge in [0.25, 0.3) is 0 Å². The standard InChI is InChI=1S/C28H30F4N6O/c1-27(7-4-8-27)33-13-17-9-22(28(30,31)32)23-15-37(26(39)38(23)14-17)21-6-3-5-18(12-21)24(19-10-20(29)11-19)25-35-34-16-36(25)2/h3,5-6,9,12,14-16,19-20,24,33H,4,7-8,10-11,13H2,1-2H3/t19?,20?,24-/m0/s1. The smallest absolute Gasteiger partial charge is 0.320 e. The number of rotatable bonds is 7. The summed E-state index contributed by atoms with van der Waals surface area (Å²) >= 11 is 0. The van der Waals surface area contributed by atoms with Crippen LogP contribution in [0.5, 0.6) is 0 Å². The molecule has 11 heteroatoms. The van der Waals surface area contributed by atoms with Crippen LogP contribution < -0.4 is 11.0 Å². The molecule has 0 saturated heterocycles. The van der Waals surface area contributed by atoms with E-state index in [1.165, 1.54) is 17.0 Å². The molecule has 0 radical (unpaired) electrons. The normalized spacial score (nSPS) is 21.5. The summed E-state index contributed by atoms with van der Waals surface area (Å²) in [4.78, 5) is 13.5. The SMILES string of the molecule is Cn1cnnc1[C@@H](c1cccc(-n2cc3c(C(F)(F)F)cc(CNC4(C)CCC4)cn3c2=O)c1)C1CC(F)C1. The van der Waals surface area contributed by atoms with Crippen LogP contribution in [0, 0.1) is 5.92 Å². The van der Waals surface area contributed by atoms with Crippen molar-refractivity contribution in [1.29, 1.82) is 0 Å². The number of pyridine rings is 1. The number of nitrogens with zero attached hydrogens (tertiary/aromatic N) is 5. The number of aromatic nitrogens is 5. The molecule has 2 saturated carbocycles. The molecule has 3 aromatic heterocycles. The van der Waals surface area contributed by atoms with Crippen molar-refractivity contribution in [3.8, 4) is 5.69 Å². The Bertz CT molecular complexity index is 1570. The molecule has 1 aromatic carbocycles. The highest BCUT2D eigenvalue weighted by Crippen LogP contribution is 2.44. The molecule has 0 unspecified atom stereocenters. The maximum Gasteiger partial charge on any atom is 0.418 e. The number of alkyl halides is 4. The van der Waals surface area contributed by atoms with Crippen LogP contribution in [-0.4, -0.2) is 35.4 Å². The number of benzene rings is 1. The van der Waals surface area contributed by atoms with E-state index in [2.05, 4.69) is 22.4 Å². The van der Waals surface area contributed by atoms with E-state index in [0.717, 1.165) is 35.3 Å². The molecule has 2 aliphatic carbocycles. The Labute approximate surface area is 222 Å². The Kier molecular flexibility index (Phi) is 6.16. The first-order valence-electron chi connectivity index (χ1n) is 13.2. The fraction of sp³-hybridized carbons (Fsp3) is 0.464. The van der Waals surface area contributed by atoms with Crippen molar-refractivity contribution in [2.24, 2.45) is 13.0 Å². The zero-order valence-electron chi connectivity index (χ0n) is 21.7. The van der Waals surface area contributed by atoms with Gasteiger partial charge in [-0.15, -0.1) is 10.2 Å². The van der Waals surface area contributed by atoms with Gasteiger partial charge >= 0.3 is 11.9 Å². The molecule has 2 fully saturated rings. The van der Waals surface area contributed by atoms with Crippen molar-refractivity contribution in [1.82, 2.24) is 29.0 Å². The van der Waals surface area contributed by atoms with Crippen LogP contribution in [0.1, 0.15) is 67.5 Å². The summed E-state index contributed by atoms with van der Waals surface area (Å²) in [6.45, 7) is 2.29. The van der Waals surface area contributed by atoms with E-state index in [0.29, 0.717) is 29.9 Å². The predicted octanol–water partition coefficient (Wildman–Crippen LogP) is 5.15. The van der Waals surface area contributed by atoms with E-state index in [1.54, 1.807) is 29.1 Å². The van der Waals surface area contributed by atoms with E-state index in [1.807, 2.05) is 13.1 Å². The second-order valence-corrected chi connectivity index (χ2v) is 11.3. The van der Waals surface area contributed by atoms with Crippen LogP contribution in [0.2, 0.25) is 0 Å². The lowest BCUT2D eigenvalue weighted by molar-refractivity contribution is -0.136. The van der Waals surface area contributed by atoms with Gasteiger partial charge < -0.3 is 9.88 Å². The largest absolute Gasteiger partial charge is 0.418 e. The number of fused-ring (bicyclic) bond motifs is 1. The molecule has 0 amide bonds. The highest BCUT2D eigenvalue weighted by Gasteiger charge is 2.39. The van der Waals surface area contributed by atoms with Crippen LogP contribution in [-0.2, 0) is 19.8 Å². The van der Waals surface area contributed by atoms with Crippen LogP contribution in [0.25, 0.3) is 11.2 Å². The number of imidazole rings is 1. The molecule has 0 bridgehead atoms. The van der Waals surface area contributed by atoms with Gasteiger partial charge in [0.2, 0.25) is 0 Å². The number of hydrogen-bond acceptors (Lipinski definition) is 4. The molecule has 2 aliphatic rings. The minimum Gasteiger partial charge on any atom is -0.320 e. The molecule has 0 spiro atoms. The van der Waals surface area contributed by atoms with Crippen molar-refractivity contribution in [3.05, 3.63) is 82.1 Å². The van der Waals surface area contributed by atoms with Crippen LogP contribution in [0.4, 0.5) is 17.6 Å². The Balaban J connectivity index is 1.42. The first-order valence-corrected chi connectivity index (χ1v) is 13.2. The second kappa shape index (κ2) is 9.32. The van der Waals surface area contributed by atoms with E-state index in [4.69, 9.17) is 0 Å². The summed E-state index contributed by atoms with van der Waals surface area (Å²) in [5.74, 6) is 0.427. The lowest BCUT2D eigenvalue weighted by Gasteiger charge is -2.39. The summed E-state index contributed by atoms with van der Waals surface area (Å²) in [6, 6.07) is 8.22. The van der Waals surface area contributed by atoms with Gasteiger partial charge in [0, 0.05) is 37.4 Å². The fourth-order valence-corrected chi connectivity index (χ4v) is 5.89. The number of aryl methyl sites for hydroxylation is 1. The summed E-state index contributed by atoms with van der Waals surface area (Å²) < 4.78 is 60.3. The molecule has 0 aliphatic heterocycles. The van der Waals surface area contributed by atoms with Crippen molar-refractivity contribution in [2.75, 3.05) is 0 Å². The lowest BCUT2D eigenvalue weighted by atomic mass is 9.71. The van der Waals surface area contributed by atoms with Gasteiger partial charge in [-0.2, -0.15) is 13.2 Å². The topological polar surface area (TPSA) is 69.2 Å². The Morgan fingerprint density at radius 2 is 1.95 bits per heavy atom. The Morgan fingerprint density at radius 3 is 2.56 bits per heavy atom. The fourth-order valence-electron chi connectivity index (χ4n) is 5.89. The van der Waals surface area contributed by atoms with Gasteiger partial charge in [0.15, 0.2) is 0 Å².